The molecule has 2 aromatic rings. The second kappa shape index (κ2) is 17.4. The van der Waals surface area contributed by atoms with E-state index in [0.29, 0.717) is 6.42 Å². The van der Waals surface area contributed by atoms with E-state index in [2.05, 4.69) is 16.0 Å². The fraction of sp³-hybridized carbons (Fsp3) is 0.531. The van der Waals surface area contributed by atoms with Gasteiger partial charge in [0.15, 0.2) is 0 Å². The molecule has 4 atom stereocenters. The van der Waals surface area contributed by atoms with Crippen LogP contribution in [0.4, 0.5) is 9.59 Å². The molecular weight excluding hydrogens is 538 g/mol. The summed E-state index contributed by atoms with van der Waals surface area (Å²) in [5.74, 6) is -0.422. The molecule has 10 heteroatoms. The van der Waals surface area contributed by atoms with Crippen molar-refractivity contribution in [3.63, 3.8) is 0 Å². The number of alkyl carbamates (subject to hydrolysis) is 2. The molecule has 0 saturated heterocycles. The normalized spacial score (nSPS) is 14.3. The molecule has 10 nitrogen and oxygen atoms in total. The highest BCUT2D eigenvalue weighted by Gasteiger charge is 2.34. The Morgan fingerprint density at radius 1 is 0.810 bits per heavy atom. The van der Waals surface area contributed by atoms with Gasteiger partial charge in [-0.15, -0.1) is 0 Å². The number of hydrogen-bond donors (Lipinski definition) is 5. The van der Waals surface area contributed by atoms with Crippen molar-refractivity contribution in [2.45, 2.75) is 90.1 Å². The van der Waals surface area contributed by atoms with E-state index in [1.165, 1.54) is 0 Å². The average molecular weight is 586 g/mol. The first-order valence-corrected chi connectivity index (χ1v) is 14.5. The van der Waals surface area contributed by atoms with Crippen LogP contribution in [0.2, 0.25) is 0 Å². The van der Waals surface area contributed by atoms with Gasteiger partial charge >= 0.3 is 12.2 Å². The van der Waals surface area contributed by atoms with E-state index in [0.717, 1.165) is 11.1 Å². The lowest BCUT2D eigenvalue weighted by Gasteiger charge is -2.33. The van der Waals surface area contributed by atoms with Gasteiger partial charge < -0.3 is 35.6 Å². The SMILES string of the molecule is CC(C)C[C@H](NC(=O)OCCCO)C(=O)NC(Cc1ccccc1)C(O)C(Cc1ccccc1)NC(=O)OC(C)(C)C. The number of benzene rings is 2. The molecule has 0 aliphatic heterocycles. The number of rotatable bonds is 15. The van der Waals surface area contributed by atoms with Gasteiger partial charge in [0.05, 0.1) is 24.8 Å². The quantitative estimate of drug-likeness (QED) is 0.200. The topological polar surface area (TPSA) is 146 Å². The first-order chi connectivity index (χ1) is 19.9. The van der Waals surface area contributed by atoms with Crippen molar-refractivity contribution in [3.8, 4) is 0 Å². The Morgan fingerprint density at radius 2 is 1.33 bits per heavy atom. The summed E-state index contributed by atoms with van der Waals surface area (Å²) < 4.78 is 10.6. The minimum Gasteiger partial charge on any atom is -0.449 e. The lowest BCUT2D eigenvalue weighted by molar-refractivity contribution is -0.125. The Kier molecular flexibility index (Phi) is 14.3. The van der Waals surface area contributed by atoms with E-state index in [1.807, 2.05) is 74.5 Å². The molecule has 0 aliphatic carbocycles. The maximum atomic E-state index is 13.6. The van der Waals surface area contributed by atoms with E-state index in [-0.39, 0.29) is 38.4 Å². The van der Waals surface area contributed by atoms with Crippen molar-refractivity contribution >= 4 is 18.1 Å². The highest BCUT2D eigenvalue weighted by Crippen LogP contribution is 2.16. The van der Waals surface area contributed by atoms with Crippen molar-refractivity contribution in [3.05, 3.63) is 71.8 Å². The Labute approximate surface area is 249 Å². The van der Waals surface area contributed by atoms with E-state index in [9.17, 15) is 19.5 Å². The van der Waals surface area contributed by atoms with Gasteiger partial charge in [-0.1, -0.05) is 74.5 Å². The fourth-order valence-electron chi connectivity index (χ4n) is 4.39. The minimum atomic E-state index is -1.22. The summed E-state index contributed by atoms with van der Waals surface area (Å²) in [7, 11) is 0. The molecule has 0 spiro atoms. The zero-order valence-corrected chi connectivity index (χ0v) is 25.3. The molecule has 3 amide bonds. The largest absolute Gasteiger partial charge is 0.449 e. The summed E-state index contributed by atoms with van der Waals surface area (Å²) in [4.78, 5) is 38.8. The van der Waals surface area contributed by atoms with Crippen LogP contribution in [-0.4, -0.2) is 71.4 Å². The van der Waals surface area contributed by atoms with E-state index in [4.69, 9.17) is 14.6 Å². The Hall–Kier alpha value is -3.63. The van der Waals surface area contributed by atoms with Gasteiger partial charge in [0, 0.05) is 13.0 Å². The Morgan fingerprint density at radius 3 is 1.81 bits per heavy atom. The molecule has 42 heavy (non-hydrogen) atoms. The molecule has 0 saturated carbocycles. The van der Waals surface area contributed by atoms with Gasteiger partial charge in [0.1, 0.15) is 11.6 Å². The number of carbonyl (C=O) groups excluding carboxylic acids is 3. The summed E-state index contributed by atoms with van der Waals surface area (Å²) >= 11 is 0. The zero-order valence-electron chi connectivity index (χ0n) is 25.3. The third-order valence-corrected chi connectivity index (χ3v) is 6.30. The first-order valence-electron chi connectivity index (χ1n) is 14.5. The first kappa shape index (κ1) is 34.6. The molecular formula is C32H47N3O7. The molecule has 0 heterocycles. The number of amides is 3. The van der Waals surface area contributed by atoms with Gasteiger partial charge in [-0.25, -0.2) is 9.59 Å². The molecule has 0 fully saturated rings. The number of ether oxygens (including phenoxy) is 2. The molecule has 2 aromatic carbocycles. The summed E-state index contributed by atoms with van der Waals surface area (Å²) in [5.41, 5.74) is 1.01. The second-order valence-electron chi connectivity index (χ2n) is 11.8. The van der Waals surface area contributed by atoms with E-state index in [1.54, 1.807) is 20.8 Å². The van der Waals surface area contributed by atoms with Crippen LogP contribution in [0.1, 0.15) is 58.6 Å². The molecule has 2 rings (SSSR count). The van der Waals surface area contributed by atoms with Crippen LogP contribution < -0.4 is 16.0 Å². The molecule has 0 bridgehead atoms. The zero-order chi connectivity index (χ0) is 31.1. The molecule has 0 aromatic heterocycles. The van der Waals surface area contributed by atoms with Gasteiger partial charge in [-0.05, 0) is 57.1 Å². The lowest BCUT2D eigenvalue weighted by Crippen LogP contribution is -2.59. The fourth-order valence-corrected chi connectivity index (χ4v) is 4.39. The highest BCUT2D eigenvalue weighted by molar-refractivity contribution is 5.86. The minimum absolute atomic E-state index is 0.0190. The van der Waals surface area contributed by atoms with Crippen molar-refractivity contribution < 1.29 is 34.1 Å². The summed E-state index contributed by atoms with van der Waals surface area (Å²) in [6.45, 7) is 9.01. The Balaban J connectivity index is 2.34. The molecule has 0 radical (unpaired) electrons. The van der Waals surface area contributed by atoms with Gasteiger partial charge in [-0.2, -0.15) is 0 Å². The third kappa shape index (κ3) is 13.4. The molecule has 5 N–H and O–H groups in total. The Bertz CT molecular complexity index is 1090. The van der Waals surface area contributed by atoms with Crippen LogP contribution in [-0.2, 0) is 27.1 Å². The summed E-state index contributed by atoms with van der Waals surface area (Å²) in [5, 5.41) is 29.1. The van der Waals surface area contributed by atoms with E-state index >= 15 is 0 Å². The van der Waals surface area contributed by atoms with Crippen molar-refractivity contribution in [1.82, 2.24) is 16.0 Å². The predicted molar refractivity (Wildman–Crippen MR) is 161 cm³/mol. The van der Waals surface area contributed by atoms with Gasteiger partial charge in [-0.3, -0.25) is 4.79 Å². The van der Waals surface area contributed by atoms with Crippen molar-refractivity contribution in [1.29, 1.82) is 0 Å². The second-order valence-corrected chi connectivity index (χ2v) is 11.8. The number of hydrogen-bond acceptors (Lipinski definition) is 7. The van der Waals surface area contributed by atoms with Crippen molar-refractivity contribution in [2.75, 3.05) is 13.2 Å². The number of aliphatic hydroxyl groups excluding tert-OH is 2. The highest BCUT2D eigenvalue weighted by atomic mass is 16.6. The van der Waals surface area contributed by atoms with Crippen molar-refractivity contribution in [2.24, 2.45) is 5.92 Å². The number of nitrogens with one attached hydrogen (secondary N) is 3. The monoisotopic (exact) mass is 585 g/mol. The van der Waals surface area contributed by atoms with Crippen LogP contribution in [0.25, 0.3) is 0 Å². The molecule has 0 aliphatic rings. The van der Waals surface area contributed by atoms with Crippen LogP contribution in [0.5, 0.6) is 0 Å². The summed E-state index contributed by atoms with van der Waals surface area (Å²) in [6.07, 6.45) is -1.50. The van der Waals surface area contributed by atoms with Crippen LogP contribution in [0.15, 0.2) is 60.7 Å². The maximum Gasteiger partial charge on any atom is 0.407 e. The predicted octanol–water partition coefficient (Wildman–Crippen LogP) is 3.73. The number of carbonyl (C=O) groups is 3. The van der Waals surface area contributed by atoms with Crippen LogP contribution in [0, 0.1) is 5.92 Å². The smallest absolute Gasteiger partial charge is 0.407 e. The molecule has 232 valence electrons. The van der Waals surface area contributed by atoms with Crippen LogP contribution >= 0.6 is 0 Å². The standard InChI is InChI=1S/C32H47N3O7/c1-22(2)19-27(35-30(39)41-18-12-17-36)29(38)33-25(20-23-13-8-6-9-14-23)28(37)26(21-24-15-10-7-11-16-24)34-31(40)42-32(3,4)5/h6-11,13-16,22,25-28,36-37H,12,17-21H2,1-5H3,(H,33,38)(H,34,40)(H,35,39)/t25?,26?,27-,28?/m0/s1. The maximum absolute atomic E-state index is 13.6. The van der Waals surface area contributed by atoms with Gasteiger partial charge in [0.2, 0.25) is 5.91 Å². The number of aliphatic hydroxyl groups is 2. The lowest BCUT2D eigenvalue weighted by atomic mass is 9.92. The van der Waals surface area contributed by atoms with E-state index < -0.39 is 47.9 Å². The third-order valence-electron chi connectivity index (χ3n) is 6.30. The average Bonchev–Trinajstić information content (AvgIpc) is 2.91. The van der Waals surface area contributed by atoms with Gasteiger partial charge in [0.25, 0.3) is 0 Å². The molecule has 3 unspecified atom stereocenters. The van der Waals surface area contributed by atoms with Crippen LogP contribution in [0.3, 0.4) is 0 Å². The summed E-state index contributed by atoms with van der Waals surface area (Å²) in [6, 6.07) is 16.2.